The summed E-state index contributed by atoms with van der Waals surface area (Å²) >= 11 is 0. The number of nitrogens with zero attached hydrogens (tertiary/aromatic N) is 2. The first-order valence-corrected chi connectivity index (χ1v) is 9.25. The van der Waals surface area contributed by atoms with Gasteiger partial charge in [-0.05, 0) is 42.7 Å². The summed E-state index contributed by atoms with van der Waals surface area (Å²) in [7, 11) is 1.79. The lowest BCUT2D eigenvalue weighted by molar-refractivity contribution is -0.118. The highest BCUT2D eigenvalue weighted by Gasteiger charge is 2.18. The largest absolute Gasteiger partial charge is 0.484 e. The second-order valence-corrected chi connectivity index (χ2v) is 7.00. The van der Waals surface area contributed by atoms with Crippen molar-refractivity contribution in [1.82, 2.24) is 9.36 Å². The van der Waals surface area contributed by atoms with E-state index in [-0.39, 0.29) is 23.8 Å². The molecule has 0 fully saturated rings. The van der Waals surface area contributed by atoms with Gasteiger partial charge in [-0.15, -0.1) is 0 Å². The van der Waals surface area contributed by atoms with Gasteiger partial charge in [-0.1, -0.05) is 44.2 Å². The fourth-order valence-electron chi connectivity index (χ4n) is 3.00. The fraction of sp³-hybridized carbons (Fsp3) is 0.273. The Morgan fingerprint density at radius 1 is 1.11 bits per heavy atom. The number of ether oxygens (including phenoxy) is 1. The van der Waals surface area contributed by atoms with Crippen LogP contribution in [0.4, 0.5) is 5.69 Å². The summed E-state index contributed by atoms with van der Waals surface area (Å²) in [4.78, 5) is 25.2. The van der Waals surface area contributed by atoms with Crippen molar-refractivity contribution in [2.75, 3.05) is 11.9 Å². The average molecular weight is 379 g/mol. The molecule has 0 spiro atoms. The Kier molecular flexibility index (Phi) is 5.68. The molecule has 0 saturated carbocycles. The summed E-state index contributed by atoms with van der Waals surface area (Å²) in [5.74, 6) is 0.634. The predicted octanol–water partition coefficient (Wildman–Crippen LogP) is 3.63. The van der Waals surface area contributed by atoms with Crippen molar-refractivity contribution in [3.05, 3.63) is 76.2 Å². The van der Waals surface area contributed by atoms with Crippen molar-refractivity contribution in [3.8, 4) is 11.4 Å². The lowest BCUT2D eigenvalue weighted by Crippen LogP contribution is -2.25. The molecule has 3 rings (SSSR count). The van der Waals surface area contributed by atoms with E-state index in [0.29, 0.717) is 17.4 Å². The highest BCUT2D eigenvalue weighted by Crippen LogP contribution is 2.20. The van der Waals surface area contributed by atoms with Crippen molar-refractivity contribution in [2.45, 2.75) is 26.7 Å². The van der Waals surface area contributed by atoms with E-state index in [4.69, 9.17) is 4.74 Å². The van der Waals surface area contributed by atoms with Crippen LogP contribution in [0.1, 0.15) is 31.0 Å². The van der Waals surface area contributed by atoms with Crippen molar-refractivity contribution >= 4 is 11.6 Å². The first-order chi connectivity index (χ1) is 13.4. The molecule has 0 aliphatic heterocycles. The van der Waals surface area contributed by atoms with Gasteiger partial charge in [-0.25, -0.2) is 4.68 Å². The molecule has 6 heteroatoms. The van der Waals surface area contributed by atoms with Gasteiger partial charge in [0.15, 0.2) is 6.61 Å². The van der Waals surface area contributed by atoms with Crippen LogP contribution < -0.4 is 15.6 Å². The van der Waals surface area contributed by atoms with Gasteiger partial charge in [0.2, 0.25) is 0 Å². The van der Waals surface area contributed by atoms with E-state index < -0.39 is 0 Å². The standard InChI is InChI=1S/C22H25N3O3/c1-15(2)17-9-8-12-19(13-17)28-14-20(26)23-21-16(3)24(4)25(22(21)27)18-10-6-5-7-11-18/h5-13,15H,14H2,1-4H3,(H,23,26). The molecule has 1 heterocycles. The SMILES string of the molecule is Cc1c(NC(=O)COc2cccc(C(C)C)c2)c(=O)n(-c2ccccc2)n1C. The molecule has 0 atom stereocenters. The van der Waals surface area contributed by atoms with Gasteiger partial charge < -0.3 is 10.1 Å². The number of rotatable bonds is 6. The zero-order valence-corrected chi connectivity index (χ0v) is 16.6. The Labute approximate surface area is 164 Å². The predicted molar refractivity (Wildman–Crippen MR) is 110 cm³/mol. The maximum atomic E-state index is 12.8. The number of aromatic nitrogens is 2. The van der Waals surface area contributed by atoms with Crippen molar-refractivity contribution in [3.63, 3.8) is 0 Å². The summed E-state index contributed by atoms with van der Waals surface area (Å²) in [6.07, 6.45) is 0. The van der Waals surface area contributed by atoms with Crippen LogP contribution in [0.3, 0.4) is 0 Å². The number of carbonyl (C=O) groups is 1. The van der Waals surface area contributed by atoms with Gasteiger partial charge >= 0.3 is 0 Å². The van der Waals surface area contributed by atoms with Gasteiger partial charge in [0, 0.05) is 7.05 Å². The topological polar surface area (TPSA) is 65.3 Å². The van der Waals surface area contributed by atoms with Crippen LogP contribution in [-0.4, -0.2) is 21.9 Å². The Morgan fingerprint density at radius 2 is 1.82 bits per heavy atom. The molecule has 1 amide bonds. The Morgan fingerprint density at radius 3 is 2.50 bits per heavy atom. The zero-order valence-electron chi connectivity index (χ0n) is 16.6. The van der Waals surface area contributed by atoms with Crippen molar-refractivity contribution in [2.24, 2.45) is 7.05 Å². The number of carbonyl (C=O) groups excluding carboxylic acids is 1. The van der Waals surface area contributed by atoms with Gasteiger partial charge in [0.25, 0.3) is 11.5 Å². The minimum atomic E-state index is -0.374. The fourth-order valence-corrected chi connectivity index (χ4v) is 3.00. The third-order valence-corrected chi connectivity index (χ3v) is 4.71. The van der Waals surface area contributed by atoms with Crippen LogP contribution in [0.5, 0.6) is 5.75 Å². The monoisotopic (exact) mass is 379 g/mol. The Bertz CT molecular complexity index is 1030. The first kappa shape index (κ1) is 19.5. The van der Waals surface area contributed by atoms with Crippen LogP contribution >= 0.6 is 0 Å². The number of hydrogen-bond acceptors (Lipinski definition) is 3. The molecular weight excluding hydrogens is 354 g/mol. The molecule has 0 saturated heterocycles. The quantitative estimate of drug-likeness (QED) is 0.711. The molecular formula is C22H25N3O3. The molecule has 146 valence electrons. The normalized spacial score (nSPS) is 10.9. The number of hydrogen-bond donors (Lipinski definition) is 1. The molecule has 2 aromatic carbocycles. The molecule has 0 aliphatic rings. The van der Waals surface area contributed by atoms with E-state index >= 15 is 0 Å². The third-order valence-electron chi connectivity index (χ3n) is 4.71. The number of benzene rings is 2. The van der Waals surface area contributed by atoms with Crippen LogP contribution in [0.15, 0.2) is 59.4 Å². The molecule has 28 heavy (non-hydrogen) atoms. The molecule has 6 nitrogen and oxygen atoms in total. The van der Waals surface area contributed by atoms with Crippen LogP contribution in [0.25, 0.3) is 5.69 Å². The Balaban J connectivity index is 1.75. The summed E-state index contributed by atoms with van der Waals surface area (Å²) in [6.45, 7) is 5.83. The smallest absolute Gasteiger partial charge is 0.295 e. The number of anilines is 1. The lowest BCUT2D eigenvalue weighted by atomic mass is 10.0. The molecule has 0 unspecified atom stereocenters. The summed E-state index contributed by atoms with van der Waals surface area (Å²) < 4.78 is 8.85. The maximum absolute atomic E-state index is 12.8. The molecule has 1 N–H and O–H groups in total. The number of amides is 1. The molecule has 3 aromatic rings. The van der Waals surface area contributed by atoms with Gasteiger partial charge in [0.05, 0.1) is 11.4 Å². The molecule has 0 radical (unpaired) electrons. The Hall–Kier alpha value is -3.28. The molecule has 0 aliphatic carbocycles. The summed E-state index contributed by atoms with van der Waals surface area (Å²) in [6, 6.07) is 17.0. The highest BCUT2D eigenvalue weighted by atomic mass is 16.5. The summed E-state index contributed by atoms with van der Waals surface area (Å²) in [5, 5.41) is 2.70. The number of nitrogens with one attached hydrogen (secondary N) is 1. The van der Waals surface area contributed by atoms with E-state index in [2.05, 4.69) is 19.2 Å². The van der Waals surface area contributed by atoms with E-state index in [1.54, 1.807) is 18.7 Å². The average Bonchev–Trinajstić information content (AvgIpc) is 2.90. The lowest BCUT2D eigenvalue weighted by Gasteiger charge is -2.10. The summed E-state index contributed by atoms with van der Waals surface area (Å²) in [5.41, 5.74) is 2.53. The van der Waals surface area contributed by atoms with Gasteiger partial charge in [-0.2, -0.15) is 0 Å². The van der Waals surface area contributed by atoms with Crippen molar-refractivity contribution < 1.29 is 9.53 Å². The van der Waals surface area contributed by atoms with Gasteiger partial charge in [0.1, 0.15) is 11.4 Å². The van der Waals surface area contributed by atoms with Crippen LogP contribution in [0, 0.1) is 6.92 Å². The zero-order chi connectivity index (χ0) is 20.3. The van der Waals surface area contributed by atoms with Crippen molar-refractivity contribution in [1.29, 1.82) is 0 Å². The minimum Gasteiger partial charge on any atom is -0.484 e. The highest BCUT2D eigenvalue weighted by molar-refractivity contribution is 5.92. The van der Waals surface area contributed by atoms with Gasteiger partial charge in [-0.3, -0.25) is 14.3 Å². The third kappa shape index (κ3) is 4.01. The van der Waals surface area contributed by atoms with E-state index in [1.807, 2.05) is 54.6 Å². The van der Waals surface area contributed by atoms with E-state index in [0.717, 1.165) is 11.3 Å². The minimum absolute atomic E-state index is 0.166. The van der Waals surface area contributed by atoms with E-state index in [1.165, 1.54) is 4.68 Å². The molecule has 1 aromatic heterocycles. The number of para-hydroxylation sites is 1. The van der Waals surface area contributed by atoms with Crippen LogP contribution in [0.2, 0.25) is 0 Å². The maximum Gasteiger partial charge on any atom is 0.295 e. The first-order valence-electron chi connectivity index (χ1n) is 9.25. The second kappa shape index (κ2) is 8.17. The van der Waals surface area contributed by atoms with E-state index in [9.17, 15) is 9.59 Å². The second-order valence-electron chi connectivity index (χ2n) is 7.00. The van der Waals surface area contributed by atoms with Crippen LogP contribution in [-0.2, 0) is 11.8 Å². The molecule has 0 bridgehead atoms.